The van der Waals surface area contributed by atoms with Gasteiger partial charge in [0.05, 0.1) is 0 Å². The Hall–Kier alpha value is -3.43. The highest BCUT2D eigenvalue weighted by Gasteiger charge is 2.18. The number of aromatic nitrogens is 6. The van der Waals surface area contributed by atoms with Crippen molar-refractivity contribution in [1.29, 1.82) is 0 Å². The molecule has 124 valence electrons. The molecule has 10 nitrogen and oxygen atoms in total. The first kappa shape index (κ1) is 15.5. The first-order valence-electron chi connectivity index (χ1n) is 7.08. The summed E-state index contributed by atoms with van der Waals surface area (Å²) in [4.78, 5) is 24.5. The summed E-state index contributed by atoms with van der Waals surface area (Å²) in [6.07, 6.45) is 3.42. The fourth-order valence-electron chi connectivity index (χ4n) is 2.11. The van der Waals surface area contributed by atoms with Crippen LogP contribution in [0.1, 0.15) is 21.0 Å². The standard InChI is InChI=1S/C14H16N8O2/c1-20-6-4-11(18-20)15-13(23)9-8-10(22(3)17-9)14(24)16-12-5-7-21(2)19-12/h4-8H,1-3H3,(H,15,18,23)(H,16,19,24). The Bertz CT molecular complexity index is 904. The van der Waals surface area contributed by atoms with E-state index in [1.165, 1.54) is 10.7 Å². The van der Waals surface area contributed by atoms with Gasteiger partial charge in [-0.2, -0.15) is 15.3 Å². The van der Waals surface area contributed by atoms with Crippen LogP contribution in [0.5, 0.6) is 0 Å². The monoisotopic (exact) mass is 328 g/mol. The fourth-order valence-corrected chi connectivity index (χ4v) is 2.11. The summed E-state index contributed by atoms with van der Waals surface area (Å²) in [5, 5.41) is 17.5. The highest BCUT2D eigenvalue weighted by Crippen LogP contribution is 2.10. The molecule has 3 aromatic rings. The Morgan fingerprint density at radius 1 is 0.875 bits per heavy atom. The van der Waals surface area contributed by atoms with E-state index in [1.54, 1.807) is 55.0 Å². The average molecular weight is 328 g/mol. The molecule has 0 spiro atoms. The molecule has 2 N–H and O–H groups in total. The normalized spacial score (nSPS) is 10.6. The fraction of sp³-hybridized carbons (Fsp3) is 0.214. The van der Waals surface area contributed by atoms with Crippen molar-refractivity contribution in [3.63, 3.8) is 0 Å². The second-order valence-corrected chi connectivity index (χ2v) is 5.20. The topological polar surface area (TPSA) is 112 Å². The predicted molar refractivity (Wildman–Crippen MR) is 85.5 cm³/mol. The lowest BCUT2D eigenvalue weighted by Crippen LogP contribution is -2.16. The number of anilines is 2. The van der Waals surface area contributed by atoms with Crippen LogP contribution >= 0.6 is 0 Å². The zero-order valence-electron chi connectivity index (χ0n) is 13.4. The van der Waals surface area contributed by atoms with Crippen LogP contribution in [0.2, 0.25) is 0 Å². The van der Waals surface area contributed by atoms with Gasteiger partial charge in [0.1, 0.15) is 5.69 Å². The minimum Gasteiger partial charge on any atom is -0.304 e. The van der Waals surface area contributed by atoms with Gasteiger partial charge in [-0.15, -0.1) is 0 Å². The zero-order chi connectivity index (χ0) is 17.3. The minimum atomic E-state index is -0.443. The summed E-state index contributed by atoms with van der Waals surface area (Å²) in [6, 6.07) is 4.75. The van der Waals surface area contributed by atoms with Gasteiger partial charge in [0, 0.05) is 51.7 Å². The van der Waals surface area contributed by atoms with Crippen LogP contribution in [0.3, 0.4) is 0 Å². The Morgan fingerprint density at radius 2 is 1.42 bits per heavy atom. The predicted octanol–water partition coefficient (Wildman–Crippen LogP) is 0.392. The maximum absolute atomic E-state index is 12.3. The quantitative estimate of drug-likeness (QED) is 0.719. The van der Waals surface area contributed by atoms with Crippen LogP contribution in [-0.2, 0) is 21.1 Å². The maximum atomic E-state index is 12.3. The van der Waals surface area contributed by atoms with Gasteiger partial charge in [0.15, 0.2) is 17.3 Å². The molecule has 0 aliphatic rings. The van der Waals surface area contributed by atoms with Gasteiger partial charge in [0.2, 0.25) is 0 Å². The maximum Gasteiger partial charge on any atom is 0.277 e. The summed E-state index contributed by atoms with van der Waals surface area (Å²) < 4.78 is 4.48. The summed E-state index contributed by atoms with van der Waals surface area (Å²) in [6.45, 7) is 0. The van der Waals surface area contributed by atoms with Crippen molar-refractivity contribution >= 4 is 23.5 Å². The first-order chi connectivity index (χ1) is 11.4. The van der Waals surface area contributed by atoms with E-state index >= 15 is 0 Å². The molecule has 24 heavy (non-hydrogen) atoms. The van der Waals surface area contributed by atoms with E-state index in [0.29, 0.717) is 11.6 Å². The molecule has 10 heteroatoms. The third-order valence-corrected chi connectivity index (χ3v) is 3.26. The number of nitrogens with zero attached hydrogens (tertiary/aromatic N) is 6. The summed E-state index contributed by atoms with van der Waals surface area (Å²) >= 11 is 0. The minimum absolute atomic E-state index is 0.120. The van der Waals surface area contributed by atoms with E-state index < -0.39 is 11.8 Å². The van der Waals surface area contributed by atoms with Crippen molar-refractivity contribution in [1.82, 2.24) is 29.3 Å². The Morgan fingerprint density at radius 3 is 1.92 bits per heavy atom. The molecule has 2 amide bonds. The molecule has 3 heterocycles. The second-order valence-electron chi connectivity index (χ2n) is 5.20. The molecule has 3 aromatic heterocycles. The van der Waals surface area contributed by atoms with Crippen LogP contribution in [0.25, 0.3) is 0 Å². The van der Waals surface area contributed by atoms with Crippen LogP contribution in [0, 0.1) is 0 Å². The molecule has 0 aliphatic heterocycles. The SMILES string of the molecule is Cn1ccc(NC(=O)c2cc(C(=O)Nc3ccn(C)n3)n(C)n2)n1. The van der Waals surface area contributed by atoms with E-state index in [0.717, 1.165) is 0 Å². The molecule has 0 saturated carbocycles. The highest BCUT2D eigenvalue weighted by atomic mass is 16.2. The lowest BCUT2D eigenvalue weighted by atomic mass is 10.3. The number of carbonyl (C=O) groups excluding carboxylic acids is 2. The van der Waals surface area contributed by atoms with Gasteiger partial charge in [-0.25, -0.2) is 0 Å². The van der Waals surface area contributed by atoms with Crippen molar-refractivity contribution in [3.05, 3.63) is 42.0 Å². The number of hydrogen-bond donors (Lipinski definition) is 2. The van der Waals surface area contributed by atoms with Gasteiger partial charge in [-0.05, 0) is 0 Å². The Labute approximate surface area is 137 Å². The molecule has 0 atom stereocenters. The van der Waals surface area contributed by atoms with E-state index in [-0.39, 0.29) is 11.4 Å². The van der Waals surface area contributed by atoms with Crippen molar-refractivity contribution in [2.24, 2.45) is 21.1 Å². The molecule has 0 aliphatic carbocycles. The van der Waals surface area contributed by atoms with Crippen molar-refractivity contribution < 1.29 is 9.59 Å². The van der Waals surface area contributed by atoms with Crippen LogP contribution in [-0.4, -0.2) is 41.2 Å². The molecule has 0 bridgehead atoms. The van der Waals surface area contributed by atoms with Crippen molar-refractivity contribution in [3.8, 4) is 0 Å². The molecule has 0 radical (unpaired) electrons. The van der Waals surface area contributed by atoms with E-state index in [2.05, 4.69) is 25.9 Å². The van der Waals surface area contributed by atoms with Crippen LogP contribution in [0.4, 0.5) is 11.6 Å². The number of amides is 2. The molecular weight excluding hydrogens is 312 g/mol. The molecule has 0 saturated heterocycles. The lowest BCUT2D eigenvalue weighted by molar-refractivity contribution is 0.101. The van der Waals surface area contributed by atoms with E-state index in [4.69, 9.17) is 0 Å². The molecule has 0 aromatic carbocycles. The van der Waals surface area contributed by atoms with E-state index in [1.807, 2.05) is 0 Å². The van der Waals surface area contributed by atoms with Gasteiger partial charge in [0.25, 0.3) is 11.8 Å². The highest BCUT2D eigenvalue weighted by molar-refractivity contribution is 6.06. The van der Waals surface area contributed by atoms with Crippen molar-refractivity contribution in [2.45, 2.75) is 0 Å². The number of nitrogens with one attached hydrogen (secondary N) is 2. The molecule has 0 unspecified atom stereocenters. The number of hydrogen-bond acceptors (Lipinski definition) is 5. The lowest BCUT2D eigenvalue weighted by Gasteiger charge is -2.01. The first-order valence-corrected chi connectivity index (χ1v) is 7.08. The number of aryl methyl sites for hydroxylation is 3. The summed E-state index contributed by atoms with van der Waals surface area (Å²) in [5.41, 5.74) is 0.362. The van der Waals surface area contributed by atoms with E-state index in [9.17, 15) is 9.59 Å². The third-order valence-electron chi connectivity index (χ3n) is 3.26. The second kappa shape index (κ2) is 5.99. The molecule has 3 rings (SSSR count). The summed E-state index contributed by atoms with van der Waals surface area (Å²) in [5.74, 6) is -0.0161. The zero-order valence-corrected chi connectivity index (χ0v) is 13.4. The third kappa shape index (κ3) is 3.16. The average Bonchev–Trinajstić information content (AvgIpc) is 3.20. The Balaban J connectivity index is 1.74. The number of carbonyl (C=O) groups is 2. The van der Waals surface area contributed by atoms with Crippen LogP contribution < -0.4 is 10.6 Å². The summed E-state index contributed by atoms with van der Waals surface area (Å²) in [7, 11) is 5.08. The van der Waals surface area contributed by atoms with Crippen molar-refractivity contribution in [2.75, 3.05) is 10.6 Å². The van der Waals surface area contributed by atoms with Gasteiger partial charge < -0.3 is 10.6 Å². The molecular formula is C14H16N8O2. The number of rotatable bonds is 4. The van der Waals surface area contributed by atoms with Gasteiger partial charge in [-0.1, -0.05) is 0 Å². The largest absolute Gasteiger partial charge is 0.304 e. The van der Waals surface area contributed by atoms with Gasteiger partial charge in [-0.3, -0.25) is 23.6 Å². The molecule has 0 fully saturated rings. The van der Waals surface area contributed by atoms with Crippen LogP contribution in [0.15, 0.2) is 30.6 Å². The Kier molecular flexibility index (Phi) is 3.86. The van der Waals surface area contributed by atoms with Gasteiger partial charge >= 0.3 is 0 Å². The smallest absolute Gasteiger partial charge is 0.277 e.